The molecule has 0 aliphatic heterocycles. The average molecular weight is 165 g/mol. The number of carbonyl (C=O) groups excluding carboxylic acids is 2. The second-order valence-electron chi connectivity index (χ2n) is 1.80. The van der Waals surface area contributed by atoms with Crippen molar-refractivity contribution in [3.05, 3.63) is 0 Å². The zero-order valence-electron chi connectivity index (χ0n) is 5.72. The zero-order valence-corrected chi connectivity index (χ0v) is 6.48. The summed E-state index contributed by atoms with van der Waals surface area (Å²) in [6, 6.07) is 0. The summed E-state index contributed by atoms with van der Waals surface area (Å²) in [6.45, 7) is 1.21. The van der Waals surface area contributed by atoms with Crippen molar-refractivity contribution in [1.82, 2.24) is 0 Å². The molecule has 0 aromatic rings. The van der Waals surface area contributed by atoms with Crippen molar-refractivity contribution in [3.63, 3.8) is 0 Å². The topological polar surface area (TPSA) is 43.4 Å². The molecule has 0 fully saturated rings. The molecule has 0 rings (SSSR count). The number of ketones is 1. The fourth-order valence-corrected chi connectivity index (χ4v) is 0.486. The first-order chi connectivity index (χ1) is 4.66. The fraction of sp³-hybridized carbons (Fsp3) is 0.667. The Balaban J connectivity index is 3.30. The smallest absolute Gasteiger partial charge is 0.307 e. The standard InChI is InChI=1S/C6H9ClO3/c1-5(8)4-10-6(9)2-3-7/h2-4H2,1H3. The molecule has 0 heterocycles. The lowest BCUT2D eigenvalue weighted by Crippen LogP contribution is -2.11. The molecule has 0 radical (unpaired) electrons. The molecule has 4 heteroatoms. The van der Waals surface area contributed by atoms with Gasteiger partial charge >= 0.3 is 5.97 Å². The zero-order chi connectivity index (χ0) is 7.98. The first kappa shape index (κ1) is 9.43. The van der Waals surface area contributed by atoms with E-state index in [1.165, 1.54) is 6.92 Å². The molecule has 0 unspecified atom stereocenters. The Hall–Kier alpha value is -0.570. The van der Waals surface area contributed by atoms with E-state index < -0.39 is 5.97 Å². The summed E-state index contributed by atoms with van der Waals surface area (Å²) in [5.74, 6) is -0.357. The Morgan fingerprint density at radius 2 is 2.10 bits per heavy atom. The van der Waals surface area contributed by atoms with Crippen LogP contribution in [0.1, 0.15) is 13.3 Å². The molecule has 0 saturated heterocycles. The third-order valence-electron chi connectivity index (χ3n) is 0.735. The Bertz CT molecular complexity index is 133. The molecule has 0 aliphatic rings. The maximum absolute atomic E-state index is 10.5. The Morgan fingerprint density at radius 1 is 1.50 bits per heavy atom. The number of carbonyl (C=O) groups is 2. The van der Waals surface area contributed by atoms with Crippen LogP contribution in [0.5, 0.6) is 0 Å². The molecule has 0 atom stereocenters. The maximum atomic E-state index is 10.5. The molecule has 0 saturated carbocycles. The van der Waals surface area contributed by atoms with Gasteiger partial charge in [-0.15, -0.1) is 11.6 Å². The van der Waals surface area contributed by atoms with E-state index in [9.17, 15) is 9.59 Å². The van der Waals surface area contributed by atoms with Gasteiger partial charge in [-0.05, 0) is 6.92 Å². The van der Waals surface area contributed by atoms with Gasteiger partial charge in [0.1, 0.15) is 6.61 Å². The number of Topliss-reactive ketones (excluding diaryl/α,β-unsaturated/α-hetero) is 1. The summed E-state index contributed by atoms with van der Waals surface area (Å²) >= 11 is 5.23. The Kier molecular flexibility index (Phi) is 4.94. The molecule has 0 spiro atoms. The van der Waals surface area contributed by atoms with Crippen LogP contribution in [0.25, 0.3) is 0 Å². The number of alkyl halides is 1. The minimum absolute atomic E-state index is 0.143. The van der Waals surface area contributed by atoms with Gasteiger partial charge in [0.2, 0.25) is 0 Å². The van der Waals surface area contributed by atoms with E-state index in [1.54, 1.807) is 0 Å². The quantitative estimate of drug-likeness (QED) is 0.455. The van der Waals surface area contributed by atoms with Crippen LogP contribution in [-0.4, -0.2) is 24.2 Å². The predicted octanol–water partition coefficient (Wildman–Crippen LogP) is 0.748. The molecule has 0 aromatic heterocycles. The molecule has 0 N–H and O–H groups in total. The fourth-order valence-electron chi connectivity index (χ4n) is 0.331. The van der Waals surface area contributed by atoms with Crippen molar-refractivity contribution in [2.45, 2.75) is 13.3 Å². The van der Waals surface area contributed by atoms with Crippen LogP contribution in [-0.2, 0) is 14.3 Å². The van der Waals surface area contributed by atoms with Crippen LogP contribution in [0.3, 0.4) is 0 Å². The highest BCUT2D eigenvalue weighted by Gasteiger charge is 2.01. The summed E-state index contributed by atoms with van der Waals surface area (Å²) in [5.41, 5.74) is 0. The minimum atomic E-state index is -0.426. The largest absolute Gasteiger partial charge is 0.458 e. The van der Waals surface area contributed by atoms with E-state index in [-0.39, 0.29) is 24.7 Å². The summed E-state index contributed by atoms with van der Waals surface area (Å²) < 4.78 is 4.47. The summed E-state index contributed by atoms with van der Waals surface area (Å²) in [6.07, 6.45) is 0.162. The van der Waals surface area contributed by atoms with Gasteiger partial charge in [0, 0.05) is 5.88 Å². The number of hydrogen-bond donors (Lipinski definition) is 0. The highest BCUT2D eigenvalue weighted by Crippen LogP contribution is 1.88. The summed E-state index contributed by atoms with van der Waals surface area (Å²) in [4.78, 5) is 20.7. The molecule has 0 bridgehead atoms. The van der Waals surface area contributed by atoms with Gasteiger partial charge in [-0.1, -0.05) is 0 Å². The third kappa shape index (κ3) is 5.56. The normalized spacial score (nSPS) is 9.00. The Labute approximate surface area is 64.3 Å². The van der Waals surface area contributed by atoms with Gasteiger partial charge in [-0.2, -0.15) is 0 Å². The highest BCUT2D eigenvalue weighted by atomic mass is 35.5. The van der Waals surface area contributed by atoms with Crippen LogP contribution >= 0.6 is 11.6 Å². The second kappa shape index (κ2) is 5.23. The highest BCUT2D eigenvalue weighted by molar-refractivity contribution is 6.18. The van der Waals surface area contributed by atoms with Crippen LogP contribution in [0.15, 0.2) is 0 Å². The third-order valence-corrected chi connectivity index (χ3v) is 0.924. The molecule has 58 valence electrons. The lowest BCUT2D eigenvalue weighted by molar-refractivity contribution is -0.147. The SMILES string of the molecule is CC(=O)COC(=O)CCCl. The van der Waals surface area contributed by atoms with E-state index in [1.807, 2.05) is 0 Å². The maximum Gasteiger partial charge on any atom is 0.307 e. The first-order valence-corrected chi connectivity index (χ1v) is 3.41. The van der Waals surface area contributed by atoms with Crippen molar-refractivity contribution < 1.29 is 14.3 Å². The molecular formula is C6H9ClO3. The van der Waals surface area contributed by atoms with Crippen molar-refractivity contribution in [1.29, 1.82) is 0 Å². The Morgan fingerprint density at radius 3 is 2.50 bits per heavy atom. The molecule has 0 amide bonds. The van der Waals surface area contributed by atoms with E-state index in [0.717, 1.165) is 0 Å². The van der Waals surface area contributed by atoms with Gasteiger partial charge in [0.15, 0.2) is 5.78 Å². The van der Waals surface area contributed by atoms with Gasteiger partial charge in [0.05, 0.1) is 6.42 Å². The van der Waals surface area contributed by atoms with Crippen molar-refractivity contribution in [3.8, 4) is 0 Å². The van der Waals surface area contributed by atoms with E-state index in [2.05, 4.69) is 4.74 Å². The first-order valence-electron chi connectivity index (χ1n) is 2.88. The monoisotopic (exact) mass is 164 g/mol. The number of esters is 1. The lowest BCUT2D eigenvalue weighted by Gasteiger charge is -1.98. The molecular weight excluding hydrogens is 156 g/mol. The summed E-state index contributed by atoms with van der Waals surface area (Å²) in [5, 5.41) is 0. The number of hydrogen-bond acceptors (Lipinski definition) is 3. The molecule has 0 aliphatic carbocycles. The van der Waals surface area contributed by atoms with E-state index >= 15 is 0 Å². The number of ether oxygens (including phenoxy) is 1. The molecule has 10 heavy (non-hydrogen) atoms. The van der Waals surface area contributed by atoms with E-state index in [4.69, 9.17) is 11.6 Å². The number of halogens is 1. The summed E-state index contributed by atoms with van der Waals surface area (Å²) in [7, 11) is 0. The van der Waals surface area contributed by atoms with Crippen molar-refractivity contribution in [2.75, 3.05) is 12.5 Å². The second-order valence-corrected chi connectivity index (χ2v) is 2.18. The van der Waals surface area contributed by atoms with Crippen LogP contribution in [0.2, 0.25) is 0 Å². The van der Waals surface area contributed by atoms with Gasteiger partial charge in [-0.25, -0.2) is 0 Å². The van der Waals surface area contributed by atoms with Crippen molar-refractivity contribution in [2.24, 2.45) is 0 Å². The minimum Gasteiger partial charge on any atom is -0.458 e. The van der Waals surface area contributed by atoms with E-state index in [0.29, 0.717) is 0 Å². The predicted molar refractivity (Wildman–Crippen MR) is 37.0 cm³/mol. The van der Waals surface area contributed by atoms with Gasteiger partial charge in [0.25, 0.3) is 0 Å². The lowest BCUT2D eigenvalue weighted by atomic mass is 10.5. The van der Waals surface area contributed by atoms with Crippen molar-refractivity contribution >= 4 is 23.4 Å². The number of rotatable bonds is 4. The van der Waals surface area contributed by atoms with Crippen LogP contribution in [0, 0.1) is 0 Å². The van der Waals surface area contributed by atoms with Gasteiger partial charge in [-0.3, -0.25) is 9.59 Å². The molecule has 0 aromatic carbocycles. The van der Waals surface area contributed by atoms with Crippen LogP contribution in [0.4, 0.5) is 0 Å². The van der Waals surface area contributed by atoms with Gasteiger partial charge < -0.3 is 4.74 Å². The molecule has 3 nitrogen and oxygen atoms in total. The average Bonchev–Trinajstić information content (AvgIpc) is 1.85. The van der Waals surface area contributed by atoms with Crippen LogP contribution < -0.4 is 0 Å².